The number of terminal acetylenes is 1. The molecule has 0 radical (unpaired) electrons. The van der Waals surface area contributed by atoms with Crippen LogP contribution in [0.2, 0.25) is 0 Å². The van der Waals surface area contributed by atoms with Crippen LogP contribution in [0.3, 0.4) is 0 Å². The first kappa shape index (κ1) is 22.3. The van der Waals surface area contributed by atoms with Crippen LogP contribution in [0.1, 0.15) is 38.2 Å². The molecule has 2 rings (SSSR count). The van der Waals surface area contributed by atoms with Gasteiger partial charge in [0, 0.05) is 38.4 Å². The number of amides is 2. The first-order valence-corrected chi connectivity index (χ1v) is 10.0. The zero-order valence-corrected chi connectivity index (χ0v) is 17.5. The van der Waals surface area contributed by atoms with E-state index in [2.05, 4.69) is 26.9 Å². The maximum absolute atomic E-state index is 12.7. The van der Waals surface area contributed by atoms with Crippen LogP contribution in [-0.2, 0) is 9.59 Å². The third-order valence-electron chi connectivity index (χ3n) is 5.05. The third-order valence-corrected chi connectivity index (χ3v) is 5.05. The van der Waals surface area contributed by atoms with Crippen molar-refractivity contribution < 1.29 is 9.59 Å². The van der Waals surface area contributed by atoms with Crippen molar-refractivity contribution in [3.63, 3.8) is 0 Å². The molecule has 1 fully saturated rings. The summed E-state index contributed by atoms with van der Waals surface area (Å²) in [5.41, 5.74) is 0.936. The summed E-state index contributed by atoms with van der Waals surface area (Å²) in [4.78, 5) is 31.0. The molecule has 7 nitrogen and oxygen atoms in total. The lowest BCUT2D eigenvalue weighted by Gasteiger charge is -2.31. The number of hydrogen-bond acceptors (Lipinski definition) is 3. The minimum Gasteiger partial charge on any atom is -0.357 e. The van der Waals surface area contributed by atoms with E-state index in [0.717, 1.165) is 25.7 Å². The van der Waals surface area contributed by atoms with Crippen LogP contribution in [0.25, 0.3) is 0 Å². The van der Waals surface area contributed by atoms with Gasteiger partial charge >= 0.3 is 0 Å². The maximum atomic E-state index is 12.7. The second-order valence-electron chi connectivity index (χ2n) is 7.51. The molecule has 7 heteroatoms. The molecule has 1 aromatic carbocycles. The van der Waals surface area contributed by atoms with Gasteiger partial charge in [-0.1, -0.05) is 24.8 Å². The summed E-state index contributed by atoms with van der Waals surface area (Å²) < 4.78 is 0. The number of aliphatic imine (C=N–C) groups is 1. The van der Waals surface area contributed by atoms with Gasteiger partial charge < -0.3 is 20.9 Å². The normalized spacial score (nSPS) is 15.3. The molecule has 0 aliphatic heterocycles. The van der Waals surface area contributed by atoms with Gasteiger partial charge in [0.05, 0.1) is 5.41 Å². The fraction of sp³-hybridized carbons (Fsp3) is 0.500. The summed E-state index contributed by atoms with van der Waals surface area (Å²) >= 11 is 0. The Morgan fingerprint density at radius 3 is 2.59 bits per heavy atom. The Bertz CT molecular complexity index is 789. The summed E-state index contributed by atoms with van der Waals surface area (Å²) in [5, 5.41) is 9.19. The van der Waals surface area contributed by atoms with Crippen molar-refractivity contribution in [1.29, 1.82) is 0 Å². The number of nitrogens with zero attached hydrogens (tertiary/aromatic N) is 2. The van der Waals surface area contributed by atoms with Crippen molar-refractivity contribution in [1.82, 2.24) is 15.5 Å². The first-order valence-electron chi connectivity index (χ1n) is 10.0. The number of guanidine groups is 1. The molecular formula is C22H31N5O2. The lowest BCUT2D eigenvalue weighted by atomic mass is 9.84. The Kier molecular flexibility index (Phi) is 8.08. The SMILES string of the molecule is C#Cc1cccc(NC(=O)CN=C(NCC)NCC2(C(=O)N(C)C)CCCC2)c1. The second kappa shape index (κ2) is 10.5. The van der Waals surface area contributed by atoms with Crippen molar-refractivity contribution in [3.8, 4) is 12.3 Å². The van der Waals surface area contributed by atoms with Gasteiger partial charge in [0.15, 0.2) is 5.96 Å². The van der Waals surface area contributed by atoms with Crippen LogP contribution >= 0.6 is 0 Å². The van der Waals surface area contributed by atoms with Gasteiger partial charge in [-0.3, -0.25) is 9.59 Å². The standard InChI is InChI=1S/C22H31N5O2/c1-5-17-10-9-11-18(14-17)26-19(28)15-24-21(23-6-2)25-16-22(12-7-8-13-22)20(29)27(3)4/h1,9-11,14H,6-8,12-13,15-16H2,2-4H3,(H,26,28)(H2,23,24,25). The molecule has 0 bridgehead atoms. The van der Waals surface area contributed by atoms with Gasteiger partial charge in [-0.2, -0.15) is 0 Å². The summed E-state index contributed by atoms with van der Waals surface area (Å²) in [6.45, 7) is 3.08. The van der Waals surface area contributed by atoms with Crippen molar-refractivity contribution in [2.45, 2.75) is 32.6 Å². The van der Waals surface area contributed by atoms with E-state index in [1.165, 1.54) is 0 Å². The molecule has 2 amide bonds. The van der Waals surface area contributed by atoms with Crippen LogP contribution in [0.5, 0.6) is 0 Å². The summed E-state index contributed by atoms with van der Waals surface area (Å²) in [6.07, 6.45) is 9.22. The minimum absolute atomic E-state index is 0.0375. The number of carbonyl (C=O) groups is 2. The van der Waals surface area contributed by atoms with E-state index in [4.69, 9.17) is 6.42 Å². The molecule has 0 unspecified atom stereocenters. The zero-order valence-electron chi connectivity index (χ0n) is 17.5. The fourth-order valence-corrected chi connectivity index (χ4v) is 3.63. The van der Waals surface area contributed by atoms with E-state index in [9.17, 15) is 9.59 Å². The van der Waals surface area contributed by atoms with Gasteiger partial charge in [0.2, 0.25) is 11.8 Å². The Morgan fingerprint density at radius 2 is 1.97 bits per heavy atom. The average molecular weight is 398 g/mol. The van der Waals surface area contributed by atoms with Gasteiger partial charge in [0.25, 0.3) is 0 Å². The van der Waals surface area contributed by atoms with Gasteiger partial charge in [-0.15, -0.1) is 6.42 Å². The monoisotopic (exact) mass is 397 g/mol. The number of benzene rings is 1. The minimum atomic E-state index is -0.405. The summed E-state index contributed by atoms with van der Waals surface area (Å²) in [6, 6.07) is 7.11. The zero-order chi connectivity index (χ0) is 21.3. The second-order valence-corrected chi connectivity index (χ2v) is 7.51. The van der Waals surface area contributed by atoms with Crippen molar-refractivity contribution in [3.05, 3.63) is 29.8 Å². The summed E-state index contributed by atoms with van der Waals surface area (Å²) in [5.74, 6) is 2.97. The van der Waals surface area contributed by atoms with E-state index in [1.54, 1.807) is 43.3 Å². The molecule has 0 heterocycles. The van der Waals surface area contributed by atoms with Crippen LogP contribution in [-0.4, -0.2) is 56.4 Å². The van der Waals surface area contributed by atoms with Crippen LogP contribution in [0.4, 0.5) is 5.69 Å². The Balaban J connectivity index is 1.98. The van der Waals surface area contributed by atoms with Crippen molar-refractivity contribution in [2.24, 2.45) is 10.4 Å². The van der Waals surface area contributed by atoms with E-state index < -0.39 is 5.41 Å². The fourth-order valence-electron chi connectivity index (χ4n) is 3.63. The third kappa shape index (κ3) is 6.24. The van der Waals surface area contributed by atoms with Crippen LogP contribution in [0.15, 0.2) is 29.3 Å². The molecule has 0 saturated heterocycles. The van der Waals surface area contributed by atoms with Crippen molar-refractivity contribution in [2.75, 3.05) is 39.0 Å². The maximum Gasteiger partial charge on any atom is 0.246 e. The molecule has 0 spiro atoms. The number of anilines is 1. The molecule has 1 aliphatic carbocycles. The highest BCUT2D eigenvalue weighted by Crippen LogP contribution is 2.38. The molecule has 156 valence electrons. The predicted molar refractivity (Wildman–Crippen MR) is 117 cm³/mol. The van der Waals surface area contributed by atoms with E-state index in [-0.39, 0.29) is 18.4 Å². The Hall–Kier alpha value is -3.01. The Labute approximate surface area is 173 Å². The molecule has 1 aliphatic rings. The first-order chi connectivity index (χ1) is 13.9. The lowest BCUT2D eigenvalue weighted by molar-refractivity contribution is -0.138. The largest absolute Gasteiger partial charge is 0.357 e. The predicted octanol–water partition coefficient (Wildman–Crippen LogP) is 1.81. The van der Waals surface area contributed by atoms with Crippen molar-refractivity contribution >= 4 is 23.5 Å². The lowest BCUT2D eigenvalue weighted by Crippen LogP contribution is -2.49. The molecule has 1 aromatic rings. The molecule has 29 heavy (non-hydrogen) atoms. The number of rotatable bonds is 7. The average Bonchev–Trinajstić information content (AvgIpc) is 3.19. The van der Waals surface area contributed by atoms with E-state index >= 15 is 0 Å². The molecule has 3 N–H and O–H groups in total. The van der Waals surface area contributed by atoms with Gasteiger partial charge in [0.1, 0.15) is 6.54 Å². The van der Waals surface area contributed by atoms with Crippen LogP contribution < -0.4 is 16.0 Å². The van der Waals surface area contributed by atoms with Crippen LogP contribution in [0, 0.1) is 17.8 Å². The van der Waals surface area contributed by atoms with E-state index in [1.807, 2.05) is 6.92 Å². The topological polar surface area (TPSA) is 85.8 Å². The number of hydrogen-bond donors (Lipinski definition) is 3. The molecule has 1 saturated carbocycles. The summed E-state index contributed by atoms with van der Waals surface area (Å²) in [7, 11) is 3.59. The highest BCUT2D eigenvalue weighted by Gasteiger charge is 2.42. The number of nitrogens with one attached hydrogen (secondary N) is 3. The molecular weight excluding hydrogens is 366 g/mol. The highest BCUT2D eigenvalue weighted by molar-refractivity contribution is 5.94. The van der Waals surface area contributed by atoms with E-state index in [0.29, 0.717) is 30.3 Å². The Morgan fingerprint density at radius 1 is 1.24 bits per heavy atom. The highest BCUT2D eigenvalue weighted by atomic mass is 16.2. The smallest absolute Gasteiger partial charge is 0.246 e. The van der Waals surface area contributed by atoms with Gasteiger partial charge in [-0.25, -0.2) is 4.99 Å². The molecule has 0 atom stereocenters. The van der Waals surface area contributed by atoms with Gasteiger partial charge in [-0.05, 0) is 38.0 Å². The number of carbonyl (C=O) groups excluding carboxylic acids is 2. The molecule has 0 aromatic heterocycles. The quantitative estimate of drug-likeness (QED) is 0.372.